The van der Waals surface area contributed by atoms with Crippen LogP contribution in [0.15, 0.2) is 4.99 Å². The second-order valence-corrected chi connectivity index (χ2v) is 12.6. The Morgan fingerprint density at radius 1 is 0.581 bits per heavy atom. The monoisotopic (exact) mass is 609 g/mol. The molecule has 0 aliphatic heterocycles. The molecule has 254 valence electrons. The van der Waals surface area contributed by atoms with E-state index in [1.807, 2.05) is 0 Å². The minimum absolute atomic E-state index is 0.0381. The molecule has 0 aromatic carbocycles. The molecule has 8 nitrogen and oxygen atoms in total. The zero-order valence-corrected chi connectivity index (χ0v) is 28.5. The molecule has 0 aliphatic rings. The van der Waals surface area contributed by atoms with E-state index in [1.165, 1.54) is 122 Å². The highest BCUT2D eigenvalue weighted by Crippen LogP contribution is 2.15. The molecule has 0 unspecified atom stereocenters. The van der Waals surface area contributed by atoms with Crippen LogP contribution in [0.5, 0.6) is 0 Å². The van der Waals surface area contributed by atoms with Crippen LogP contribution in [0.3, 0.4) is 0 Å². The van der Waals surface area contributed by atoms with Crippen LogP contribution in [0, 0.1) is 0 Å². The van der Waals surface area contributed by atoms with Gasteiger partial charge in [0.05, 0.1) is 0 Å². The van der Waals surface area contributed by atoms with Gasteiger partial charge in [-0.2, -0.15) is 0 Å². The van der Waals surface area contributed by atoms with Crippen LogP contribution >= 0.6 is 0 Å². The highest BCUT2D eigenvalue weighted by atomic mass is 16.2. The van der Waals surface area contributed by atoms with Gasteiger partial charge >= 0.3 is 6.03 Å². The lowest BCUT2D eigenvalue weighted by Crippen LogP contribution is -2.52. The summed E-state index contributed by atoms with van der Waals surface area (Å²) in [6.07, 6.45) is 31.5. The largest absolute Gasteiger partial charge is 0.370 e. The van der Waals surface area contributed by atoms with Crippen LogP contribution in [0.25, 0.3) is 0 Å². The predicted molar refractivity (Wildman–Crippen MR) is 185 cm³/mol. The summed E-state index contributed by atoms with van der Waals surface area (Å²) in [5.41, 5.74) is 16.7. The predicted octanol–water partition coefficient (Wildman–Crippen LogP) is 8.31. The zero-order valence-electron chi connectivity index (χ0n) is 28.5. The number of amides is 3. The van der Waals surface area contributed by atoms with E-state index in [9.17, 15) is 9.59 Å². The molecule has 0 heterocycles. The third kappa shape index (κ3) is 27.3. The number of urea groups is 1. The summed E-state index contributed by atoms with van der Waals surface area (Å²) < 4.78 is 0. The molecule has 0 saturated heterocycles. The van der Waals surface area contributed by atoms with Crippen LogP contribution in [0.2, 0.25) is 0 Å². The van der Waals surface area contributed by atoms with Gasteiger partial charge in [0, 0.05) is 19.6 Å². The van der Waals surface area contributed by atoms with Crippen LogP contribution in [-0.4, -0.2) is 48.5 Å². The van der Waals surface area contributed by atoms with Gasteiger partial charge in [-0.15, -0.1) is 0 Å². The smallest absolute Gasteiger partial charge is 0.315 e. The topological polar surface area (TPSA) is 140 Å². The van der Waals surface area contributed by atoms with Gasteiger partial charge < -0.3 is 27.4 Å². The number of nitrogens with two attached hydrogens (primary N) is 3. The number of nitrogens with zero attached hydrogens (tertiary/aromatic N) is 2. The van der Waals surface area contributed by atoms with Crippen molar-refractivity contribution in [3.05, 3.63) is 0 Å². The second-order valence-electron chi connectivity index (χ2n) is 12.6. The van der Waals surface area contributed by atoms with Crippen LogP contribution in [0.1, 0.15) is 181 Å². The molecular formula is C35H72N6O2. The minimum Gasteiger partial charge on any atom is -0.370 e. The molecule has 0 aromatic heterocycles. The van der Waals surface area contributed by atoms with E-state index in [-0.39, 0.29) is 11.9 Å². The van der Waals surface area contributed by atoms with E-state index in [0.29, 0.717) is 32.5 Å². The molecule has 1 atom stereocenters. The first-order valence-corrected chi connectivity index (χ1v) is 18.3. The summed E-state index contributed by atoms with van der Waals surface area (Å²) in [5, 5.41) is 3.07. The van der Waals surface area contributed by atoms with Gasteiger partial charge in [0.1, 0.15) is 6.04 Å². The van der Waals surface area contributed by atoms with Crippen LogP contribution < -0.4 is 22.5 Å². The molecule has 3 amide bonds. The molecule has 0 aliphatic carbocycles. The Balaban J connectivity index is 4.35. The fraction of sp³-hybridized carbons (Fsp3) is 0.914. The lowest BCUT2D eigenvalue weighted by molar-refractivity contribution is -0.125. The van der Waals surface area contributed by atoms with Gasteiger partial charge in [-0.1, -0.05) is 155 Å². The highest BCUT2D eigenvalue weighted by Gasteiger charge is 2.27. The lowest BCUT2D eigenvalue weighted by Gasteiger charge is -2.29. The third-order valence-electron chi connectivity index (χ3n) is 8.47. The first-order valence-electron chi connectivity index (χ1n) is 18.3. The van der Waals surface area contributed by atoms with Crippen molar-refractivity contribution in [2.45, 2.75) is 187 Å². The van der Waals surface area contributed by atoms with Crippen LogP contribution in [0.4, 0.5) is 4.79 Å². The first-order chi connectivity index (χ1) is 20.9. The standard InChI is InChI=1S/C35H72N6O2/c1-3-5-7-9-11-13-15-16-17-18-20-22-24-26-31-41(35(38)43)32(28-27-30-40-34(36)37)33(42)39-29-25-23-21-19-14-12-10-8-6-4-2/h32H,3-31H2,1-2H3,(H2,38,43)(H,39,42)(H4,36,37,40)/t32-/m1/s1. The average molecular weight is 609 g/mol. The molecular weight excluding hydrogens is 536 g/mol. The molecule has 43 heavy (non-hydrogen) atoms. The number of hydrogen-bond donors (Lipinski definition) is 4. The van der Waals surface area contributed by atoms with E-state index in [1.54, 1.807) is 4.90 Å². The molecule has 0 fully saturated rings. The van der Waals surface area contributed by atoms with Crippen molar-refractivity contribution < 1.29 is 9.59 Å². The number of guanidine groups is 1. The van der Waals surface area contributed by atoms with Crippen LogP contribution in [-0.2, 0) is 4.79 Å². The third-order valence-corrected chi connectivity index (χ3v) is 8.47. The maximum absolute atomic E-state index is 13.2. The van der Waals surface area contributed by atoms with Crippen molar-refractivity contribution >= 4 is 17.9 Å². The molecule has 0 rings (SSSR count). The summed E-state index contributed by atoms with van der Waals surface area (Å²) >= 11 is 0. The van der Waals surface area contributed by atoms with E-state index in [2.05, 4.69) is 24.2 Å². The van der Waals surface area contributed by atoms with Gasteiger partial charge in [-0.25, -0.2) is 4.79 Å². The number of unbranched alkanes of at least 4 members (excludes halogenated alkanes) is 22. The molecule has 0 aromatic rings. The Hall–Kier alpha value is -1.99. The van der Waals surface area contributed by atoms with Crippen molar-refractivity contribution in [2.24, 2.45) is 22.2 Å². The zero-order chi connectivity index (χ0) is 31.8. The van der Waals surface area contributed by atoms with Crippen molar-refractivity contribution in [1.82, 2.24) is 10.2 Å². The average Bonchev–Trinajstić information content (AvgIpc) is 2.98. The number of nitrogens with one attached hydrogen (secondary N) is 1. The molecule has 0 bridgehead atoms. The summed E-state index contributed by atoms with van der Waals surface area (Å²) in [6.45, 7) is 6.08. The number of hydrogen-bond acceptors (Lipinski definition) is 3. The number of carbonyl (C=O) groups excluding carboxylic acids is 2. The maximum atomic E-state index is 13.2. The number of primary amides is 1. The van der Waals surface area contributed by atoms with E-state index < -0.39 is 12.1 Å². The molecule has 8 heteroatoms. The first kappa shape index (κ1) is 41.0. The Labute approximate surface area is 266 Å². The number of rotatable bonds is 32. The van der Waals surface area contributed by atoms with Gasteiger partial charge in [-0.05, 0) is 25.7 Å². The lowest BCUT2D eigenvalue weighted by atomic mass is 10.0. The van der Waals surface area contributed by atoms with E-state index >= 15 is 0 Å². The summed E-state index contributed by atoms with van der Waals surface area (Å²) in [7, 11) is 0. The van der Waals surface area contributed by atoms with E-state index in [0.717, 1.165) is 32.1 Å². The quantitative estimate of drug-likeness (QED) is 0.0346. The molecule has 0 saturated carbocycles. The molecule has 0 radical (unpaired) electrons. The van der Waals surface area contributed by atoms with Crippen molar-refractivity contribution in [2.75, 3.05) is 19.6 Å². The van der Waals surface area contributed by atoms with E-state index in [4.69, 9.17) is 17.2 Å². The Morgan fingerprint density at radius 2 is 0.977 bits per heavy atom. The minimum atomic E-state index is -0.586. The van der Waals surface area contributed by atoms with Gasteiger partial charge in [-0.3, -0.25) is 9.79 Å². The normalized spacial score (nSPS) is 11.8. The Bertz CT molecular complexity index is 669. The van der Waals surface area contributed by atoms with Crippen molar-refractivity contribution in [1.29, 1.82) is 0 Å². The van der Waals surface area contributed by atoms with Gasteiger partial charge in [0.2, 0.25) is 5.91 Å². The summed E-state index contributed by atoms with van der Waals surface area (Å²) in [5.74, 6) is -0.0825. The number of carbonyl (C=O) groups is 2. The summed E-state index contributed by atoms with van der Waals surface area (Å²) in [4.78, 5) is 31.2. The Morgan fingerprint density at radius 3 is 1.37 bits per heavy atom. The fourth-order valence-corrected chi connectivity index (χ4v) is 5.76. The van der Waals surface area contributed by atoms with Gasteiger partial charge in [0.15, 0.2) is 5.96 Å². The summed E-state index contributed by atoms with van der Waals surface area (Å²) in [6, 6.07) is -1.12. The van der Waals surface area contributed by atoms with Crippen molar-refractivity contribution in [3.8, 4) is 0 Å². The molecule has 0 spiro atoms. The fourth-order valence-electron chi connectivity index (χ4n) is 5.76. The van der Waals surface area contributed by atoms with Gasteiger partial charge in [0.25, 0.3) is 0 Å². The Kier molecular flexibility index (Phi) is 30.0. The highest BCUT2D eigenvalue weighted by molar-refractivity contribution is 5.86. The maximum Gasteiger partial charge on any atom is 0.315 e. The molecule has 7 N–H and O–H groups in total. The van der Waals surface area contributed by atoms with Crippen molar-refractivity contribution in [3.63, 3.8) is 0 Å². The number of aliphatic imine (C=N–C) groups is 1. The SMILES string of the molecule is CCCCCCCCCCCCCCCCN(C(N)=O)[C@H](CCCN=C(N)N)C(=O)NCCCCCCCCCCCC. The second kappa shape index (κ2) is 31.4.